The summed E-state index contributed by atoms with van der Waals surface area (Å²) < 4.78 is 0. The van der Waals surface area contributed by atoms with Crippen LogP contribution >= 0.6 is 11.6 Å². The Kier molecular flexibility index (Phi) is 4.83. The molecule has 2 N–H and O–H groups in total. The van der Waals surface area contributed by atoms with Gasteiger partial charge in [0, 0.05) is 24.3 Å². The number of nitrogens with two attached hydrogens (primary N) is 1. The van der Waals surface area contributed by atoms with Crippen molar-refractivity contribution in [3.8, 4) is 0 Å². The zero-order valence-corrected chi connectivity index (χ0v) is 11.9. The van der Waals surface area contributed by atoms with Crippen LogP contribution < -0.4 is 10.6 Å². The Hall–Kier alpha value is -1.51. The molecular weight excluding hydrogens is 256 g/mol. The van der Waals surface area contributed by atoms with Crippen molar-refractivity contribution < 1.29 is 0 Å². The van der Waals surface area contributed by atoms with Gasteiger partial charge in [-0.15, -0.1) is 0 Å². The summed E-state index contributed by atoms with van der Waals surface area (Å²) in [5.41, 5.74) is 9.29. The van der Waals surface area contributed by atoms with Crippen molar-refractivity contribution >= 4 is 17.3 Å². The number of benzene rings is 2. The van der Waals surface area contributed by atoms with Gasteiger partial charge in [-0.05, 0) is 48.4 Å². The van der Waals surface area contributed by atoms with Crippen molar-refractivity contribution in [3.63, 3.8) is 0 Å². The molecule has 0 aliphatic carbocycles. The van der Waals surface area contributed by atoms with E-state index < -0.39 is 0 Å². The molecule has 2 aromatic rings. The van der Waals surface area contributed by atoms with Crippen LogP contribution in [0, 0.1) is 0 Å². The molecule has 19 heavy (non-hydrogen) atoms. The van der Waals surface area contributed by atoms with Crippen LogP contribution in [0.3, 0.4) is 0 Å². The quantitative estimate of drug-likeness (QED) is 0.904. The second-order valence-corrected chi connectivity index (χ2v) is 5.12. The standard InChI is InChI=1S/C16H19ClN2/c1-19(12-14-2-6-15(17)7-3-14)16-8-4-13(5-9-16)10-11-18/h2-9H,10-12,18H2,1H3. The van der Waals surface area contributed by atoms with E-state index >= 15 is 0 Å². The van der Waals surface area contributed by atoms with E-state index in [2.05, 4.69) is 48.3 Å². The van der Waals surface area contributed by atoms with E-state index in [1.807, 2.05) is 12.1 Å². The molecule has 0 radical (unpaired) electrons. The Morgan fingerprint density at radius 1 is 0.947 bits per heavy atom. The minimum absolute atomic E-state index is 0.694. The van der Waals surface area contributed by atoms with Gasteiger partial charge >= 0.3 is 0 Å². The third kappa shape index (κ3) is 3.98. The molecule has 2 aromatic carbocycles. The first kappa shape index (κ1) is 13.9. The predicted octanol–water partition coefficient (Wildman–Crippen LogP) is 3.48. The molecule has 2 nitrogen and oxygen atoms in total. The molecule has 0 amide bonds. The highest BCUT2D eigenvalue weighted by molar-refractivity contribution is 6.30. The highest BCUT2D eigenvalue weighted by Crippen LogP contribution is 2.17. The molecule has 3 heteroatoms. The third-order valence-electron chi connectivity index (χ3n) is 3.14. The Morgan fingerprint density at radius 3 is 2.11 bits per heavy atom. The van der Waals surface area contributed by atoms with Crippen LogP contribution in [-0.2, 0) is 13.0 Å². The summed E-state index contributed by atoms with van der Waals surface area (Å²) in [6, 6.07) is 16.5. The fraction of sp³-hybridized carbons (Fsp3) is 0.250. The van der Waals surface area contributed by atoms with E-state index in [4.69, 9.17) is 17.3 Å². The van der Waals surface area contributed by atoms with Crippen molar-refractivity contribution in [3.05, 3.63) is 64.7 Å². The Bertz CT molecular complexity index is 505. The van der Waals surface area contributed by atoms with E-state index in [1.54, 1.807) is 0 Å². The lowest BCUT2D eigenvalue weighted by Gasteiger charge is -2.19. The van der Waals surface area contributed by atoms with Gasteiger partial charge < -0.3 is 10.6 Å². The second-order valence-electron chi connectivity index (χ2n) is 4.69. The lowest BCUT2D eigenvalue weighted by Crippen LogP contribution is -2.16. The number of rotatable bonds is 5. The molecule has 0 heterocycles. The average Bonchev–Trinajstić information content (AvgIpc) is 2.42. The van der Waals surface area contributed by atoms with Crippen molar-refractivity contribution in [2.75, 3.05) is 18.5 Å². The summed E-state index contributed by atoms with van der Waals surface area (Å²) in [6.45, 7) is 1.56. The first-order valence-electron chi connectivity index (χ1n) is 6.43. The summed E-state index contributed by atoms with van der Waals surface area (Å²) in [7, 11) is 2.09. The summed E-state index contributed by atoms with van der Waals surface area (Å²) in [5.74, 6) is 0. The van der Waals surface area contributed by atoms with Gasteiger partial charge in [0.25, 0.3) is 0 Å². The highest BCUT2D eigenvalue weighted by atomic mass is 35.5. The normalized spacial score (nSPS) is 10.5. The lowest BCUT2D eigenvalue weighted by atomic mass is 10.1. The molecule has 0 bridgehead atoms. The van der Waals surface area contributed by atoms with E-state index in [0.29, 0.717) is 6.54 Å². The number of hydrogen-bond donors (Lipinski definition) is 1. The summed E-state index contributed by atoms with van der Waals surface area (Å²) >= 11 is 5.89. The fourth-order valence-corrected chi connectivity index (χ4v) is 2.16. The summed E-state index contributed by atoms with van der Waals surface area (Å²) in [6.07, 6.45) is 0.932. The van der Waals surface area contributed by atoms with Gasteiger partial charge in [-0.25, -0.2) is 0 Å². The number of hydrogen-bond acceptors (Lipinski definition) is 2. The molecule has 0 saturated heterocycles. The van der Waals surface area contributed by atoms with Crippen LogP contribution in [0.25, 0.3) is 0 Å². The molecule has 0 atom stereocenters. The summed E-state index contributed by atoms with van der Waals surface area (Å²) in [4.78, 5) is 2.22. The van der Waals surface area contributed by atoms with Crippen LogP contribution in [0.5, 0.6) is 0 Å². The van der Waals surface area contributed by atoms with Gasteiger partial charge in [0.2, 0.25) is 0 Å². The van der Waals surface area contributed by atoms with E-state index in [1.165, 1.54) is 16.8 Å². The lowest BCUT2D eigenvalue weighted by molar-refractivity contribution is 0.919. The van der Waals surface area contributed by atoms with Gasteiger partial charge in [-0.2, -0.15) is 0 Å². The maximum atomic E-state index is 5.89. The third-order valence-corrected chi connectivity index (χ3v) is 3.40. The van der Waals surface area contributed by atoms with Crippen LogP contribution in [0.1, 0.15) is 11.1 Å². The molecule has 0 aromatic heterocycles. The molecule has 2 rings (SSSR count). The Labute approximate surface area is 119 Å². The molecule has 0 unspecified atom stereocenters. The molecule has 0 spiro atoms. The predicted molar refractivity (Wildman–Crippen MR) is 82.8 cm³/mol. The van der Waals surface area contributed by atoms with Crippen LogP contribution in [-0.4, -0.2) is 13.6 Å². The molecule has 0 aliphatic heterocycles. The zero-order valence-electron chi connectivity index (χ0n) is 11.1. The van der Waals surface area contributed by atoms with Gasteiger partial charge in [-0.1, -0.05) is 35.9 Å². The largest absolute Gasteiger partial charge is 0.370 e. The first-order chi connectivity index (χ1) is 9.19. The minimum Gasteiger partial charge on any atom is -0.370 e. The van der Waals surface area contributed by atoms with Crippen molar-refractivity contribution in [1.82, 2.24) is 0 Å². The zero-order chi connectivity index (χ0) is 13.7. The topological polar surface area (TPSA) is 29.3 Å². The summed E-state index contributed by atoms with van der Waals surface area (Å²) in [5, 5.41) is 0.776. The number of halogens is 1. The number of nitrogens with zero attached hydrogens (tertiary/aromatic N) is 1. The molecule has 0 aliphatic rings. The fourth-order valence-electron chi connectivity index (χ4n) is 2.04. The maximum Gasteiger partial charge on any atom is 0.0426 e. The molecule has 0 fully saturated rings. The van der Waals surface area contributed by atoms with Crippen molar-refractivity contribution in [2.45, 2.75) is 13.0 Å². The minimum atomic E-state index is 0.694. The monoisotopic (exact) mass is 274 g/mol. The molecule has 100 valence electrons. The van der Waals surface area contributed by atoms with Gasteiger partial charge in [0.05, 0.1) is 0 Å². The second kappa shape index (κ2) is 6.60. The SMILES string of the molecule is CN(Cc1ccc(Cl)cc1)c1ccc(CCN)cc1. The van der Waals surface area contributed by atoms with Gasteiger partial charge in [0.1, 0.15) is 0 Å². The van der Waals surface area contributed by atoms with Crippen LogP contribution in [0.15, 0.2) is 48.5 Å². The van der Waals surface area contributed by atoms with Crippen molar-refractivity contribution in [2.24, 2.45) is 5.73 Å². The van der Waals surface area contributed by atoms with E-state index in [9.17, 15) is 0 Å². The van der Waals surface area contributed by atoms with Gasteiger partial charge in [-0.3, -0.25) is 0 Å². The number of anilines is 1. The molecule has 0 saturated carbocycles. The van der Waals surface area contributed by atoms with E-state index in [-0.39, 0.29) is 0 Å². The Morgan fingerprint density at radius 2 is 1.53 bits per heavy atom. The maximum absolute atomic E-state index is 5.89. The van der Waals surface area contributed by atoms with Crippen LogP contribution in [0.2, 0.25) is 5.02 Å². The highest BCUT2D eigenvalue weighted by Gasteiger charge is 2.02. The Balaban J connectivity index is 2.02. The first-order valence-corrected chi connectivity index (χ1v) is 6.81. The average molecular weight is 275 g/mol. The van der Waals surface area contributed by atoms with Crippen LogP contribution in [0.4, 0.5) is 5.69 Å². The van der Waals surface area contributed by atoms with Crippen molar-refractivity contribution in [1.29, 1.82) is 0 Å². The van der Waals surface area contributed by atoms with E-state index in [0.717, 1.165) is 18.0 Å². The molecular formula is C16H19ClN2. The van der Waals surface area contributed by atoms with Gasteiger partial charge in [0.15, 0.2) is 0 Å². The smallest absolute Gasteiger partial charge is 0.0426 e.